The Balaban J connectivity index is 2.04. The number of aromatic nitrogens is 1. The molecule has 1 fully saturated rings. The van der Waals surface area contributed by atoms with Crippen molar-refractivity contribution in [2.75, 3.05) is 13.6 Å². The molecule has 3 rings (SSSR count). The van der Waals surface area contributed by atoms with Crippen molar-refractivity contribution >= 4 is 23.8 Å². The standard InChI is InChI=1S/C13H17N4O3/c1-7(2)5-17-11(18)9-10(15(4)13(17)19)14-12-16(9)6-8(3)20-12/h6-7,9H,5H2,1-4H3/q+1. The highest BCUT2D eigenvalue weighted by Gasteiger charge is 2.54. The summed E-state index contributed by atoms with van der Waals surface area (Å²) in [5, 5.41) is 0. The first-order chi connectivity index (χ1) is 9.40. The maximum atomic E-state index is 12.6. The molecule has 3 amide bonds. The summed E-state index contributed by atoms with van der Waals surface area (Å²) in [5.74, 6) is 1.08. The fraction of sp³-hybridized carbons (Fsp3) is 0.538. The number of aliphatic imine (C=N–C) groups is 1. The normalized spacial score (nSPS) is 21.4. The van der Waals surface area contributed by atoms with Gasteiger partial charge in [-0.25, -0.2) is 4.79 Å². The third kappa shape index (κ3) is 1.65. The van der Waals surface area contributed by atoms with Crippen molar-refractivity contribution in [1.29, 1.82) is 0 Å². The Hall–Kier alpha value is -2.18. The first-order valence-corrected chi connectivity index (χ1v) is 6.59. The number of amidine groups is 1. The molecule has 0 bridgehead atoms. The largest absolute Gasteiger partial charge is 0.506 e. The monoisotopic (exact) mass is 277 g/mol. The van der Waals surface area contributed by atoms with Crippen molar-refractivity contribution in [2.24, 2.45) is 10.9 Å². The second kappa shape index (κ2) is 4.16. The summed E-state index contributed by atoms with van der Waals surface area (Å²) in [6, 6.07) is -0.563. The average Bonchev–Trinajstić information content (AvgIpc) is 2.87. The van der Waals surface area contributed by atoms with E-state index in [1.807, 2.05) is 13.8 Å². The van der Waals surface area contributed by atoms with Gasteiger partial charge in [0.1, 0.15) is 12.0 Å². The van der Waals surface area contributed by atoms with E-state index in [0.717, 1.165) is 0 Å². The summed E-state index contributed by atoms with van der Waals surface area (Å²) in [6.45, 7) is 6.14. The SMILES string of the molecule is Cc1c[n+]2c(o1)N=C1C2C(=O)N(CC(C)C)C(=O)N1C. The van der Waals surface area contributed by atoms with Gasteiger partial charge in [0.05, 0.1) is 0 Å². The lowest BCUT2D eigenvalue weighted by molar-refractivity contribution is -0.679. The Kier molecular flexibility index (Phi) is 2.67. The van der Waals surface area contributed by atoms with Crippen LogP contribution in [0.15, 0.2) is 15.6 Å². The lowest BCUT2D eigenvalue weighted by Gasteiger charge is -2.32. The topological polar surface area (TPSA) is 70.0 Å². The first kappa shape index (κ1) is 12.8. The number of likely N-dealkylation sites (N-methyl/N-ethyl adjacent to an activating group) is 1. The zero-order valence-electron chi connectivity index (χ0n) is 12.0. The number of fused-ring (bicyclic) bond motifs is 3. The number of aryl methyl sites for hydroxylation is 1. The molecule has 0 spiro atoms. The third-order valence-corrected chi connectivity index (χ3v) is 3.44. The smallest absolute Gasteiger partial charge is 0.390 e. The van der Waals surface area contributed by atoms with Crippen molar-refractivity contribution in [1.82, 2.24) is 9.80 Å². The van der Waals surface area contributed by atoms with Crippen LogP contribution >= 0.6 is 0 Å². The van der Waals surface area contributed by atoms with Crippen LogP contribution in [0.5, 0.6) is 0 Å². The number of imide groups is 1. The number of amides is 3. The zero-order valence-corrected chi connectivity index (χ0v) is 12.0. The Morgan fingerprint density at radius 1 is 1.45 bits per heavy atom. The molecule has 1 atom stereocenters. The van der Waals surface area contributed by atoms with E-state index < -0.39 is 6.04 Å². The Morgan fingerprint density at radius 2 is 2.15 bits per heavy atom. The molecule has 0 N–H and O–H groups in total. The van der Waals surface area contributed by atoms with Crippen LogP contribution in [0.1, 0.15) is 25.6 Å². The highest BCUT2D eigenvalue weighted by molar-refractivity contribution is 6.18. The second-order valence-corrected chi connectivity index (χ2v) is 5.59. The van der Waals surface area contributed by atoms with Crippen molar-refractivity contribution in [3.63, 3.8) is 0 Å². The van der Waals surface area contributed by atoms with Gasteiger partial charge in [-0.1, -0.05) is 13.8 Å². The molecule has 106 valence electrons. The number of rotatable bonds is 2. The van der Waals surface area contributed by atoms with E-state index in [2.05, 4.69) is 4.99 Å². The van der Waals surface area contributed by atoms with Crippen LogP contribution in [0, 0.1) is 12.8 Å². The van der Waals surface area contributed by atoms with E-state index in [0.29, 0.717) is 24.2 Å². The minimum absolute atomic E-state index is 0.215. The molecule has 0 saturated carbocycles. The Bertz CT molecular complexity index is 632. The molecule has 1 unspecified atom stereocenters. The molecular formula is C13H17N4O3+. The van der Waals surface area contributed by atoms with Gasteiger partial charge in [-0.3, -0.25) is 14.6 Å². The fourth-order valence-corrected chi connectivity index (χ4v) is 2.57. The highest BCUT2D eigenvalue weighted by atomic mass is 16.4. The van der Waals surface area contributed by atoms with Crippen LogP contribution in [0.4, 0.5) is 10.8 Å². The molecular weight excluding hydrogens is 260 g/mol. The number of nitrogens with zero attached hydrogens (tertiary/aromatic N) is 4. The summed E-state index contributed by atoms with van der Waals surface area (Å²) < 4.78 is 7.12. The number of hydrogen-bond donors (Lipinski definition) is 0. The lowest BCUT2D eigenvalue weighted by atomic mass is 10.1. The van der Waals surface area contributed by atoms with E-state index in [9.17, 15) is 9.59 Å². The molecule has 0 aromatic carbocycles. The van der Waals surface area contributed by atoms with Gasteiger partial charge in [0.15, 0.2) is 0 Å². The van der Waals surface area contributed by atoms with Crippen molar-refractivity contribution in [3.8, 4) is 0 Å². The van der Waals surface area contributed by atoms with Gasteiger partial charge in [0, 0.05) is 18.6 Å². The third-order valence-electron chi connectivity index (χ3n) is 3.44. The van der Waals surface area contributed by atoms with Gasteiger partial charge in [0.2, 0.25) is 0 Å². The molecule has 1 aromatic heterocycles. The number of carbonyl (C=O) groups is 2. The quantitative estimate of drug-likeness (QED) is 0.757. The van der Waals surface area contributed by atoms with Crippen molar-refractivity contribution < 1.29 is 18.6 Å². The number of hydrogen-bond acceptors (Lipinski definition) is 4. The van der Waals surface area contributed by atoms with Gasteiger partial charge in [0.25, 0.3) is 17.8 Å². The van der Waals surface area contributed by atoms with E-state index in [1.165, 1.54) is 9.80 Å². The van der Waals surface area contributed by atoms with Crippen LogP contribution in [0.3, 0.4) is 0 Å². The summed E-state index contributed by atoms with van der Waals surface area (Å²) in [4.78, 5) is 31.8. The second-order valence-electron chi connectivity index (χ2n) is 5.59. The van der Waals surface area contributed by atoms with Crippen LogP contribution in [0.25, 0.3) is 0 Å². The fourth-order valence-electron chi connectivity index (χ4n) is 2.57. The van der Waals surface area contributed by atoms with Crippen molar-refractivity contribution in [2.45, 2.75) is 26.8 Å². The molecule has 7 nitrogen and oxygen atoms in total. The van der Waals surface area contributed by atoms with Gasteiger partial charge >= 0.3 is 12.0 Å². The predicted octanol–water partition coefficient (Wildman–Crippen LogP) is 1.01. The van der Waals surface area contributed by atoms with Gasteiger partial charge in [-0.2, -0.15) is 4.57 Å². The molecule has 2 aliphatic heterocycles. The molecule has 1 saturated heterocycles. The van der Waals surface area contributed by atoms with E-state index in [4.69, 9.17) is 4.42 Å². The number of urea groups is 1. The number of oxazole rings is 1. The molecule has 20 heavy (non-hydrogen) atoms. The van der Waals surface area contributed by atoms with E-state index in [-0.39, 0.29) is 17.9 Å². The lowest BCUT2D eigenvalue weighted by Crippen LogP contribution is -2.63. The first-order valence-electron chi connectivity index (χ1n) is 6.59. The Labute approximate surface area is 116 Å². The minimum atomic E-state index is -0.594. The average molecular weight is 277 g/mol. The summed E-state index contributed by atoms with van der Waals surface area (Å²) >= 11 is 0. The Morgan fingerprint density at radius 3 is 2.80 bits per heavy atom. The van der Waals surface area contributed by atoms with Gasteiger partial charge in [-0.15, -0.1) is 0 Å². The van der Waals surface area contributed by atoms with Crippen LogP contribution in [0.2, 0.25) is 0 Å². The summed E-state index contributed by atoms with van der Waals surface area (Å²) in [5.41, 5.74) is 0. The van der Waals surface area contributed by atoms with Gasteiger partial charge in [-0.05, 0) is 12.8 Å². The molecule has 0 radical (unpaired) electrons. The van der Waals surface area contributed by atoms with Gasteiger partial charge < -0.3 is 4.42 Å². The van der Waals surface area contributed by atoms with Crippen molar-refractivity contribution in [3.05, 3.63) is 12.0 Å². The summed E-state index contributed by atoms with van der Waals surface area (Å²) in [6.07, 6.45) is 1.74. The predicted molar refractivity (Wildman–Crippen MR) is 69.5 cm³/mol. The molecule has 3 heterocycles. The van der Waals surface area contributed by atoms with E-state index in [1.54, 1.807) is 24.7 Å². The summed E-state index contributed by atoms with van der Waals surface area (Å²) in [7, 11) is 1.63. The molecule has 1 aromatic rings. The molecule has 7 heteroatoms. The van der Waals surface area contributed by atoms with Crippen LogP contribution in [-0.4, -0.2) is 41.2 Å². The molecule has 2 aliphatic rings. The number of carbonyl (C=O) groups excluding carboxylic acids is 2. The van der Waals surface area contributed by atoms with Crippen LogP contribution in [-0.2, 0) is 4.79 Å². The maximum absolute atomic E-state index is 12.6. The highest BCUT2D eigenvalue weighted by Crippen LogP contribution is 2.28. The maximum Gasteiger partial charge on any atom is 0.506 e. The minimum Gasteiger partial charge on any atom is -0.390 e. The molecule has 0 aliphatic carbocycles. The zero-order chi connectivity index (χ0) is 14.6. The van der Waals surface area contributed by atoms with E-state index >= 15 is 0 Å². The van der Waals surface area contributed by atoms with Crippen LogP contribution < -0.4 is 4.57 Å².